The second-order valence-electron chi connectivity index (χ2n) is 6.33. The third-order valence-electron chi connectivity index (χ3n) is 4.44. The van der Waals surface area contributed by atoms with Crippen LogP contribution < -0.4 is 4.90 Å². The van der Waals surface area contributed by atoms with Crippen molar-refractivity contribution in [3.63, 3.8) is 0 Å². The lowest BCUT2D eigenvalue weighted by Crippen LogP contribution is -2.31. The first-order valence-corrected chi connectivity index (χ1v) is 10.7. The van der Waals surface area contributed by atoms with E-state index in [1.807, 2.05) is 37.3 Å². The van der Waals surface area contributed by atoms with Crippen molar-refractivity contribution in [3.05, 3.63) is 68.6 Å². The van der Waals surface area contributed by atoms with Crippen LogP contribution in [0.25, 0.3) is 21.0 Å². The number of carbonyl (C=O) groups excluding carboxylic acids is 1. The summed E-state index contributed by atoms with van der Waals surface area (Å²) < 4.78 is 0.963. The van der Waals surface area contributed by atoms with E-state index < -0.39 is 0 Å². The van der Waals surface area contributed by atoms with Gasteiger partial charge in [-0.1, -0.05) is 59.9 Å². The molecule has 4 rings (SSSR count). The van der Waals surface area contributed by atoms with Crippen molar-refractivity contribution in [2.24, 2.45) is 0 Å². The zero-order valence-electron chi connectivity index (χ0n) is 14.9. The predicted molar refractivity (Wildman–Crippen MR) is 121 cm³/mol. The summed E-state index contributed by atoms with van der Waals surface area (Å²) in [5.74, 6) is -0.0958. The van der Waals surface area contributed by atoms with Crippen LogP contribution in [0.2, 0.25) is 15.2 Å². The molecular formula is C21H15Cl3N2OS. The lowest BCUT2D eigenvalue weighted by molar-refractivity contribution is 0.0991. The highest BCUT2D eigenvalue weighted by molar-refractivity contribution is 7.22. The molecule has 0 spiro atoms. The molecule has 0 aliphatic rings. The Kier molecular flexibility index (Phi) is 5.48. The lowest BCUT2D eigenvalue weighted by Gasteiger charge is -2.22. The average molecular weight is 450 g/mol. The Hall–Kier alpha value is -1.85. The summed E-state index contributed by atoms with van der Waals surface area (Å²) in [6, 6.07) is 14.8. The molecule has 0 saturated carbocycles. The van der Waals surface area contributed by atoms with E-state index >= 15 is 0 Å². The SMILES string of the molecule is CCCN(C(=O)c1cc2c(Cl)nc3ccccc3c2s1)c1ccc(Cl)c(Cl)c1. The minimum absolute atomic E-state index is 0.0958. The zero-order chi connectivity index (χ0) is 19.8. The van der Waals surface area contributed by atoms with E-state index in [0.29, 0.717) is 32.3 Å². The molecule has 0 aliphatic carbocycles. The van der Waals surface area contributed by atoms with Crippen molar-refractivity contribution < 1.29 is 4.79 Å². The fraction of sp³-hybridized carbons (Fsp3) is 0.143. The smallest absolute Gasteiger partial charge is 0.268 e. The van der Waals surface area contributed by atoms with Crippen LogP contribution >= 0.6 is 46.1 Å². The minimum atomic E-state index is -0.0958. The van der Waals surface area contributed by atoms with Crippen LogP contribution in [0.1, 0.15) is 23.0 Å². The number of nitrogens with zero attached hydrogens (tertiary/aromatic N) is 2. The van der Waals surface area contributed by atoms with E-state index in [0.717, 1.165) is 27.4 Å². The van der Waals surface area contributed by atoms with Crippen LogP contribution in [0.4, 0.5) is 5.69 Å². The van der Waals surface area contributed by atoms with Crippen LogP contribution in [0.3, 0.4) is 0 Å². The summed E-state index contributed by atoms with van der Waals surface area (Å²) in [7, 11) is 0. The summed E-state index contributed by atoms with van der Waals surface area (Å²) in [6.07, 6.45) is 0.808. The number of amides is 1. The molecule has 0 N–H and O–H groups in total. The standard InChI is InChI=1S/C21H15Cl3N2OS/c1-2-9-26(12-7-8-15(22)16(23)10-12)21(27)18-11-14-19(28-18)13-5-3-4-6-17(13)25-20(14)24/h3-8,10-11H,2,9H2,1H3. The highest BCUT2D eigenvalue weighted by atomic mass is 35.5. The Labute approximate surface area is 181 Å². The van der Waals surface area contributed by atoms with Gasteiger partial charge in [-0.05, 0) is 36.8 Å². The third kappa shape index (κ3) is 3.46. The molecule has 2 heterocycles. The number of fused-ring (bicyclic) bond motifs is 3. The first kappa shape index (κ1) is 19.5. The number of carbonyl (C=O) groups is 1. The number of benzene rings is 2. The molecule has 7 heteroatoms. The summed E-state index contributed by atoms with van der Waals surface area (Å²) in [4.78, 5) is 20.1. The monoisotopic (exact) mass is 448 g/mol. The van der Waals surface area contributed by atoms with E-state index in [4.69, 9.17) is 34.8 Å². The van der Waals surface area contributed by atoms with Gasteiger partial charge in [-0.15, -0.1) is 11.3 Å². The summed E-state index contributed by atoms with van der Waals surface area (Å²) in [6.45, 7) is 2.59. The first-order valence-electron chi connectivity index (χ1n) is 8.74. The normalized spacial score (nSPS) is 11.3. The van der Waals surface area contributed by atoms with Gasteiger partial charge in [-0.25, -0.2) is 4.98 Å². The zero-order valence-corrected chi connectivity index (χ0v) is 18.0. The maximum Gasteiger partial charge on any atom is 0.268 e. The van der Waals surface area contributed by atoms with Gasteiger partial charge in [0.2, 0.25) is 0 Å². The van der Waals surface area contributed by atoms with Gasteiger partial charge in [0.15, 0.2) is 0 Å². The molecule has 0 atom stereocenters. The third-order valence-corrected chi connectivity index (χ3v) is 6.62. The molecule has 2 aromatic carbocycles. The predicted octanol–water partition coefficient (Wildman–Crippen LogP) is 7.47. The Balaban J connectivity index is 1.82. The van der Waals surface area contributed by atoms with Crippen molar-refractivity contribution in [1.29, 1.82) is 0 Å². The van der Waals surface area contributed by atoms with Gasteiger partial charge in [0.05, 0.1) is 20.4 Å². The molecule has 28 heavy (non-hydrogen) atoms. The highest BCUT2D eigenvalue weighted by Crippen LogP contribution is 2.37. The number of pyridine rings is 1. The molecule has 1 amide bonds. The number of rotatable bonds is 4. The topological polar surface area (TPSA) is 33.2 Å². The van der Waals surface area contributed by atoms with Gasteiger partial charge in [0.1, 0.15) is 5.15 Å². The van der Waals surface area contributed by atoms with Gasteiger partial charge in [0, 0.05) is 27.7 Å². The number of hydrogen-bond acceptors (Lipinski definition) is 3. The van der Waals surface area contributed by atoms with Crippen molar-refractivity contribution in [2.75, 3.05) is 11.4 Å². The Morgan fingerprint density at radius 1 is 1.04 bits per heavy atom. The maximum atomic E-state index is 13.3. The van der Waals surface area contributed by atoms with Crippen LogP contribution in [0.15, 0.2) is 48.5 Å². The Morgan fingerprint density at radius 2 is 1.82 bits per heavy atom. The van der Waals surface area contributed by atoms with Crippen molar-refractivity contribution in [3.8, 4) is 0 Å². The summed E-state index contributed by atoms with van der Waals surface area (Å²) >= 11 is 20.0. The van der Waals surface area contributed by atoms with Crippen LogP contribution in [-0.4, -0.2) is 17.4 Å². The second kappa shape index (κ2) is 7.88. The molecule has 0 bridgehead atoms. The number of anilines is 1. The van der Waals surface area contributed by atoms with E-state index in [-0.39, 0.29) is 5.91 Å². The second-order valence-corrected chi connectivity index (χ2v) is 8.55. The average Bonchev–Trinajstić information content (AvgIpc) is 3.14. The van der Waals surface area contributed by atoms with E-state index in [9.17, 15) is 4.79 Å². The van der Waals surface area contributed by atoms with E-state index in [1.165, 1.54) is 11.3 Å². The van der Waals surface area contributed by atoms with Crippen LogP contribution in [-0.2, 0) is 0 Å². The maximum absolute atomic E-state index is 13.3. The van der Waals surface area contributed by atoms with E-state index in [1.54, 1.807) is 23.1 Å². The molecule has 4 aromatic rings. The van der Waals surface area contributed by atoms with Crippen molar-refractivity contribution >= 4 is 78.7 Å². The quantitative estimate of drug-likeness (QED) is 0.303. The van der Waals surface area contributed by atoms with Crippen molar-refractivity contribution in [2.45, 2.75) is 13.3 Å². The first-order chi connectivity index (χ1) is 13.5. The molecule has 3 nitrogen and oxygen atoms in total. The van der Waals surface area contributed by atoms with Crippen LogP contribution in [0, 0.1) is 0 Å². The van der Waals surface area contributed by atoms with Crippen LogP contribution in [0.5, 0.6) is 0 Å². The van der Waals surface area contributed by atoms with E-state index in [2.05, 4.69) is 4.98 Å². The highest BCUT2D eigenvalue weighted by Gasteiger charge is 2.22. The van der Waals surface area contributed by atoms with Crippen molar-refractivity contribution in [1.82, 2.24) is 4.98 Å². The molecule has 0 fully saturated rings. The van der Waals surface area contributed by atoms with Gasteiger partial charge in [0.25, 0.3) is 5.91 Å². The number of para-hydroxylation sites is 1. The summed E-state index contributed by atoms with van der Waals surface area (Å²) in [5.41, 5.74) is 1.53. The molecule has 0 radical (unpaired) electrons. The van der Waals surface area contributed by atoms with Gasteiger partial charge < -0.3 is 4.90 Å². The number of halogens is 3. The number of thiophene rings is 1. The number of hydrogen-bond donors (Lipinski definition) is 0. The molecule has 142 valence electrons. The lowest BCUT2D eigenvalue weighted by atomic mass is 10.2. The fourth-order valence-corrected chi connectivity index (χ4v) is 4.87. The largest absolute Gasteiger partial charge is 0.308 e. The summed E-state index contributed by atoms with van der Waals surface area (Å²) in [5, 5.41) is 3.06. The van der Waals surface area contributed by atoms with Gasteiger partial charge in [-0.3, -0.25) is 4.79 Å². The molecule has 0 unspecified atom stereocenters. The molecular weight excluding hydrogens is 435 g/mol. The van der Waals surface area contributed by atoms with Gasteiger partial charge in [-0.2, -0.15) is 0 Å². The minimum Gasteiger partial charge on any atom is -0.308 e. The fourth-order valence-electron chi connectivity index (χ4n) is 3.14. The number of aromatic nitrogens is 1. The molecule has 0 saturated heterocycles. The Bertz CT molecular complexity index is 1210. The Morgan fingerprint density at radius 3 is 2.57 bits per heavy atom. The molecule has 0 aliphatic heterocycles. The van der Waals surface area contributed by atoms with Gasteiger partial charge >= 0.3 is 0 Å². The molecule has 2 aromatic heterocycles.